The van der Waals surface area contributed by atoms with Crippen LogP contribution in [-0.2, 0) is 17.8 Å². The van der Waals surface area contributed by atoms with Gasteiger partial charge in [0.1, 0.15) is 12.4 Å². The van der Waals surface area contributed by atoms with E-state index in [1.165, 1.54) is 0 Å². The van der Waals surface area contributed by atoms with Crippen molar-refractivity contribution in [1.82, 2.24) is 4.98 Å². The molecule has 0 fully saturated rings. The van der Waals surface area contributed by atoms with Crippen molar-refractivity contribution in [3.8, 4) is 5.75 Å². The zero-order valence-electron chi connectivity index (χ0n) is 14.5. The molecule has 0 aliphatic rings. The summed E-state index contributed by atoms with van der Waals surface area (Å²) in [6.45, 7) is 2.48. The van der Waals surface area contributed by atoms with Crippen molar-refractivity contribution >= 4 is 28.0 Å². The van der Waals surface area contributed by atoms with Crippen LogP contribution in [0.5, 0.6) is 5.75 Å². The van der Waals surface area contributed by atoms with Gasteiger partial charge >= 0.3 is 0 Å². The molecule has 0 spiro atoms. The predicted octanol–water partition coefficient (Wildman–Crippen LogP) is 4.93. The van der Waals surface area contributed by atoms with Gasteiger partial charge in [-0.25, -0.2) is 0 Å². The van der Waals surface area contributed by atoms with E-state index in [0.29, 0.717) is 13.0 Å². The number of pyridine rings is 1. The van der Waals surface area contributed by atoms with Gasteiger partial charge in [0.05, 0.1) is 5.52 Å². The molecule has 0 bridgehead atoms. The van der Waals surface area contributed by atoms with E-state index in [2.05, 4.69) is 17.1 Å². The Morgan fingerprint density at radius 2 is 1.81 bits per heavy atom. The minimum Gasteiger partial charge on any atom is -0.489 e. The number of carbonyl (C=O) groups excluding carboxylic acids is 1. The Kier molecular flexibility index (Phi) is 4.36. The van der Waals surface area contributed by atoms with Gasteiger partial charge in [0, 0.05) is 23.1 Å². The fourth-order valence-electron chi connectivity index (χ4n) is 3.33. The molecule has 1 radical (unpaired) electrons. The summed E-state index contributed by atoms with van der Waals surface area (Å²) in [5.74, 6) is 0.809. The molecule has 4 aromatic rings. The summed E-state index contributed by atoms with van der Waals surface area (Å²) in [5, 5.41) is 3.24. The van der Waals surface area contributed by atoms with Crippen LogP contribution in [0.4, 0.5) is 0 Å². The fraction of sp³-hybridized carbons (Fsp3) is 0.130. The smallest absolute Gasteiger partial charge is 0.203 e. The summed E-state index contributed by atoms with van der Waals surface area (Å²) in [4.78, 5) is 15.3. The predicted molar refractivity (Wildman–Crippen MR) is 104 cm³/mol. The molecule has 3 heteroatoms. The number of fused-ring (bicyclic) bond motifs is 2. The number of hydrogen-bond donors (Lipinski definition) is 0. The second kappa shape index (κ2) is 6.96. The summed E-state index contributed by atoms with van der Waals surface area (Å²) in [6, 6.07) is 22.1. The van der Waals surface area contributed by atoms with Gasteiger partial charge in [0.15, 0.2) is 0 Å². The lowest BCUT2D eigenvalue weighted by Crippen LogP contribution is -1.99. The van der Waals surface area contributed by atoms with E-state index in [9.17, 15) is 4.79 Å². The molecular formula is C23H18NO2. The highest BCUT2D eigenvalue weighted by molar-refractivity contribution is 5.88. The molecule has 0 amide bonds. The van der Waals surface area contributed by atoms with E-state index in [-0.39, 0.29) is 0 Å². The van der Waals surface area contributed by atoms with Crippen LogP contribution in [0.3, 0.4) is 0 Å². The van der Waals surface area contributed by atoms with E-state index < -0.39 is 0 Å². The minimum atomic E-state index is 0.305. The average Bonchev–Trinajstić information content (AvgIpc) is 2.66. The minimum absolute atomic E-state index is 0.305. The maximum atomic E-state index is 10.7. The highest BCUT2D eigenvalue weighted by atomic mass is 16.5. The monoisotopic (exact) mass is 340 g/mol. The van der Waals surface area contributed by atoms with Crippen LogP contribution in [0, 0.1) is 6.92 Å². The summed E-state index contributed by atoms with van der Waals surface area (Å²) in [6.07, 6.45) is 2.28. The molecule has 0 atom stereocenters. The first-order valence-electron chi connectivity index (χ1n) is 8.59. The molecule has 26 heavy (non-hydrogen) atoms. The number of aryl methyl sites for hydroxylation is 1. The van der Waals surface area contributed by atoms with Crippen molar-refractivity contribution in [3.05, 3.63) is 83.6 Å². The van der Waals surface area contributed by atoms with E-state index in [1.54, 1.807) is 0 Å². The van der Waals surface area contributed by atoms with Gasteiger partial charge in [-0.3, -0.25) is 9.78 Å². The van der Waals surface area contributed by atoms with Gasteiger partial charge < -0.3 is 4.74 Å². The number of nitrogens with zero attached hydrogens (tertiary/aromatic N) is 1. The Morgan fingerprint density at radius 3 is 2.69 bits per heavy atom. The van der Waals surface area contributed by atoms with Gasteiger partial charge in [-0.05, 0) is 47.5 Å². The zero-order chi connectivity index (χ0) is 17.9. The second-order valence-electron chi connectivity index (χ2n) is 6.35. The van der Waals surface area contributed by atoms with E-state index in [0.717, 1.165) is 44.2 Å². The van der Waals surface area contributed by atoms with Crippen molar-refractivity contribution in [3.63, 3.8) is 0 Å². The molecule has 0 saturated heterocycles. The van der Waals surface area contributed by atoms with E-state index in [4.69, 9.17) is 4.74 Å². The third kappa shape index (κ3) is 3.16. The molecule has 1 aromatic heterocycles. The van der Waals surface area contributed by atoms with Crippen LogP contribution in [-0.4, -0.2) is 11.3 Å². The Balaban J connectivity index is 1.63. The van der Waals surface area contributed by atoms with Crippen molar-refractivity contribution in [2.45, 2.75) is 20.0 Å². The molecule has 0 aliphatic carbocycles. The quantitative estimate of drug-likeness (QED) is 0.517. The summed E-state index contributed by atoms with van der Waals surface area (Å²) in [7, 11) is 0. The number of benzene rings is 3. The highest BCUT2D eigenvalue weighted by Crippen LogP contribution is 2.26. The molecule has 127 valence electrons. The lowest BCUT2D eigenvalue weighted by molar-refractivity contribution is 0.308. The molecule has 0 unspecified atom stereocenters. The highest BCUT2D eigenvalue weighted by Gasteiger charge is 2.06. The molecule has 3 aromatic carbocycles. The number of rotatable bonds is 5. The molecule has 0 N–H and O–H groups in total. The molecule has 4 rings (SSSR count). The first kappa shape index (κ1) is 16.3. The lowest BCUT2D eigenvalue weighted by Gasteiger charge is -2.11. The third-order valence-electron chi connectivity index (χ3n) is 4.53. The Labute approximate surface area is 152 Å². The summed E-state index contributed by atoms with van der Waals surface area (Å²) >= 11 is 0. The Morgan fingerprint density at radius 1 is 0.923 bits per heavy atom. The van der Waals surface area contributed by atoms with E-state index in [1.807, 2.05) is 67.8 Å². The average molecular weight is 340 g/mol. The normalized spacial score (nSPS) is 11.0. The van der Waals surface area contributed by atoms with Gasteiger partial charge in [-0.2, -0.15) is 0 Å². The SMILES string of the molecule is Cc1cc(COc2ccc3c(C[C]=O)cccc3c2)c2ccccc2n1. The van der Waals surface area contributed by atoms with Crippen LogP contribution >= 0.6 is 0 Å². The Hall–Kier alpha value is -3.20. The van der Waals surface area contributed by atoms with Crippen LogP contribution in [0.25, 0.3) is 21.7 Å². The maximum absolute atomic E-state index is 10.7. The standard InChI is InChI=1S/C23H18NO2/c1-16-13-19(22-7-2-3-8-23(22)24-16)15-26-20-9-10-21-17(11-12-25)5-4-6-18(21)14-20/h2-10,13-14H,11,15H2,1H3. The van der Waals surface area contributed by atoms with Gasteiger partial charge in [0.2, 0.25) is 6.29 Å². The molecular weight excluding hydrogens is 322 g/mol. The molecule has 3 nitrogen and oxygen atoms in total. The number of aromatic nitrogens is 1. The first-order chi connectivity index (χ1) is 12.7. The maximum Gasteiger partial charge on any atom is 0.203 e. The topological polar surface area (TPSA) is 39.2 Å². The number of ether oxygens (including phenoxy) is 1. The van der Waals surface area contributed by atoms with Crippen LogP contribution in [0.1, 0.15) is 16.8 Å². The third-order valence-corrected chi connectivity index (χ3v) is 4.53. The van der Waals surface area contributed by atoms with Crippen molar-refractivity contribution in [2.24, 2.45) is 0 Å². The molecule has 0 saturated carbocycles. The van der Waals surface area contributed by atoms with Crippen molar-refractivity contribution in [1.29, 1.82) is 0 Å². The van der Waals surface area contributed by atoms with Crippen molar-refractivity contribution in [2.75, 3.05) is 0 Å². The summed E-state index contributed by atoms with van der Waals surface area (Å²) in [5.41, 5.74) is 4.08. The Bertz CT molecular complexity index is 1100. The lowest BCUT2D eigenvalue weighted by atomic mass is 10.0. The molecule has 1 heterocycles. The van der Waals surface area contributed by atoms with E-state index >= 15 is 0 Å². The van der Waals surface area contributed by atoms with Gasteiger partial charge in [-0.15, -0.1) is 0 Å². The van der Waals surface area contributed by atoms with Gasteiger partial charge in [0.25, 0.3) is 0 Å². The number of para-hydroxylation sites is 1. The number of hydrogen-bond acceptors (Lipinski definition) is 3. The van der Waals surface area contributed by atoms with Crippen LogP contribution in [0.15, 0.2) is 66.7 Å². The summed E-state index contributed by atoms with van der Waals surface area (Å²) < 4.78 is 6.06. The van der Waals surface area contributed by atoms with Crippen LogP contribution in [0.2, 0.25) is 0 Å². The van der Waals surface area contributed by atoms with Gasteiger partial charge in [-0.1, -0.05) is 42.5 Å². The zero-order valence-corrected chi connectivity index (χ0v) is 14.5. The van der Waals surface area contributed by atoms with Crippen molar-refractivity contribution < 1.29 is 9.53 Å². The van der Waals surface area contributed by atoms with Crippen LogP contribution < -0.4 is 4.74 Å². The largest absolute Gasteiger partial charge is 0.489 e. The molecule has 0 aliphatic heterocycles. The second-order valence-corrected chi connectivity index (χ2v) is 6.35. The first-order valence-corrected chi connectivity index (χ1v) is 8.59. The fourth-order valence-corrected chi connectivity index (χ4v) is 3.33.